The van der Waals surface area contributed by atoms with Crippen LogP contribution >= 0.6 is 0 Å². The van der Waals surface area contributed by atoms with Gasteiger partial charge in [0.05, 0.1) is 23.1 Å². The van der Waals surface area contributed by atoms with Crippen LogP contribution in [0.15, 0.2) is 53.6 Å². The van der Waals surface area contributed by atoms with Gasteiger partial charge in [0.25, 0.3) is 11.5 Å². The number of rotatable bonds is 4. The zero-order valence-corrected chi connectivity index (χ0v) is 17.3. The Morgan fingerprint density at radius 2 is 1.94 bits per heavy atom. The van der Waals surface area contributed by atoms with Crippen LogP contribution in [0.2, 0.25) is 0 Å². The van der Waals surface area contributed by atoms with E-state index in [1.165, 1.54) is 12.1 Å². The van der Waals surface area contributed by atoms with Crippen molar-refractivity contribution >= 4 is 16.9 Å². The Labute approximate surface area is 183 Å². The molecule has 0 spiro atoms. The molecule has 1 atom stereocenters. The largest absolute Gasteiger partial charge is 0.352 e. The van der Waals surface area contributed by atoms with Crippen molar-refractivity contribution in [2.45, 2.75) is 25.7 Å². The number of imidazole rings is 1. The van der Waals surface area contributed by atoms with E-state index in [9.17, 15) is 14.0 Å². The SMILES string of the molecule is O=C(NCC1CCc2nc(-c3ccc(F)cc3)[nH]c(=O)c2CC1)c1ccc2nc[nH]c2c1. The average molecular weight is 431 g/mol. The third kappa shape index (κ3) is 4.03. The Bertz CT molecular complexity index is 1340. The number of nitrogens with one attached hydrogen (secondary N) is 3. The van der Waals surface area contributed by atoms with E-state index in [0.29, 0.717) is 41.9 Å². The van der Waals surface area contributed by atoms with Gasteiger partial charge in [0.2, 0.25) is 0 Å². The summed E-state index contributed by atoms with van der Waals surface area (Å²) in [5.41, 5.74) is 4.24. The summed E-state index contributed by atoms with van der Waals surface area (Å²) < 4.78 is 13.2. The zero-order chi connectivity index (χ0) is 22.1. The van der Waals surface area contributed by atoms with E-state index in [0.717, 1.165) is 29.6 Å². The van der Waals surface area contributed by atoms with Crippen LogP contribution in [0, 0.1) is 11.7 Å². The highest BCUT2D eigenvalue weighted by molar-refractivity contribution is 5.97. The van der Waals surface area contributed by atoms with Crippen molar-refractivity contribution < 1.29 is 9.18 Å². The molecule has 0 aliphatic heterocycles. The monoisotopic (exact) mass is 431 g/mol. The number of aromatic amines is 2. The number of carbonyl (C=O) groups is 1. The fourth-order valence-electron chi connectivity index (χ4n) is 4.21. The summed E-state index contributed by atoms with van der Waals surface area (Å²) in [6.07, 6.45) is 4.50. The highest BCUT2D eigenvalue weighted by atomic mass is 19.1. The van der Waals surface area contributed by atoms with Crippen molar-refractivity contribution in [3.8, 4) is 11.4 Å². The van der Waals surface area contributed by atoms with Crippen LogP contribution in [0.5, 0.6) is 0 Å². The van der Waals surface area contributed by atoms with Gasteiger partial charge in [-0.05, 0) is 74.1 Å². The maximum atomic E-state index is 13.2. The van der Waals surface area contributed by atoms with Crippen LogP contribution in [0.3, 0.4) is 0 Å². The molecule has 1 aliphatic carbocycles. The average Bonchev–Trinajstić information content (AvgIpc) is 3.17. The summed E-state index contributed by atoms with van der Waals surface area (Å²) in [5.74, 6) is 0.241. The Balaban J connectivity index is 1.26. The van der Waals surface area contributed by atoms with E-state index in [1.54, 1.807) is 30.6 Å². The second kappa shape index (κ2) is 8.37. The van der Waals surface area contributed by atoms with E-state index in [4.69, 9.17) is 0 Å². The second-order valence-corrected chi connectivity index (χ2v) is 8.13. The minimum atomic E-state index is -0.333. The molecule has 32 heavy (non-hydrogen) atoms. The van der Waals surface area contributed by atoms with Crippen LogP contribution in [-0.4, -0.2) is 32.4 Å². The first kappa shape index (κ1) is 20.1. The van der Waals surface area contributed by atoms with E-state index in [-0.39, 0.29) is 23.2 Å². The van der Waals surface area contributed by atoms with E-state index in [1.807, 2.05) is 6.07 Å². The Kier molecular flexibility index (Phi) is 5.26. The lowest BCUT2D eigenvalue weighted by Crippen LogP contribution is -2.29. The molecular weight excluding hydrogens is 409 g/mol. The molecule has 0 bridgehead atoms. The molecule has 0 radical (unpaired) electrons. The number of benzene rings is 2. The first-order valence-electron chi connectivity index (χ1n) is 10.7. The summed E-state index contributed by atoms with van der Waals surface area (Å²) in [6, 6.07) is 11.3. The molecule has 1 amide bonds. The number of aryl methyl sites for hydroxylation is 1. The molecule has 2 heterocycles. The number of carbonyl (C=O) groups excluding carboxylic acids is 1. The first-order valence-corrected chi connectivity index (χ1v) is 10.7. The molecule has 162 valence electrons. The van der Waals surface area contributed by atoms with Gasteiger partial charge in [-0.2, -0.15) is 0 Å². The van der Waals surface area contributed by atoms with E-state index >= 15 is 0 Å². The van der Waals surface area contributed by atoms with Gasteiger partial charge in [0.15, 0.2) is 0 Å². The first-order chi connectivity index (χ1) is 15.6. The highest BCUT2D eigenvalue weighted by Gasteiger charge is 2.21. The van der Waals surface area contributed by atoms with Crippen molar-refractivity contribution in [2.75, 3.05) is 6.54 Å². The summed E-state index contributed by atoms with van der Waals surface area (Å²) in [4.78, 5) is 39.9. The number of hydrogen-bond acceptors (Lipinski definition) is 4. The Hall–Kier alpha value is -3.81. The van der Waals surface area contributed by atoms with Crippen molar-refractivity contribution in [3.63, 3.8) is 0 Å². The van der Waals surface area contributed by atoms with Crippen molar-refractivity contribution in [1.29, 1.82) is 0 Å². The molecule has 2 aromatic heterocycles. The van der Waals surface area contributed by atoms with Gasteiger partial charge in [-0.3, -0.25) is 9.59 Å². The third-order valence-corrected chi connectivity index (χ3v) is 6.04. The summed E-state index contributed by atoms with van der Waals surface area (Å²) in [7, 11) is 0. The van der Waals surface area contributed by atoms with Crippen molar-refractivity contribution in [2.24, 2.45) is 5.92 Å². The van der Waals surface area contributed by atoms with Crippen LogP contribution in [-0.2, 0) is 12.8 Å². The number of aromatic nitrogens is 4. The third-order valence-electron chi connectivity index (χ3n) is 6.04. The maximum absolute atomic E-state index is 13.2. The summed E-state index contributed by atoms with van der Waals surface area (Å²) in [5, 5.41) is 3.02. The van der Waals surface area contributed by atoms with Crippen LogP contribution in [0.4, 0.5) is 4.39 Å². The molecule has 1 aliphatic rings. The summed E-state index contributed by atoms with van der Waals surface area (Å²) >= 11 is 0. The number of H-pyrrole nitrogens is 2. The van der Waals surface area contributed by atoms with Crippen molar-refractivity contribution in [1.82, 2.24) is 25.3 Å². The number of nitrogens with zero attached hydrogens (tertiary/aromatic N) is 2. The van der Waals surface area contributed by atoms with Crippen LogP contribution < -0.4 is 10.9 Å². The molecule has 7 nitrogen and oxygen atoms in total. The van der Waals surface area contributed by atoms with E-state index in [2.05, 4.69) is 25.3 Å². The number of fused-ring (bicyclic) bond motifs is 2. The number of amides is 1. The number of hydrogen-bond donors (Lipinski definition) is 3. The Morgan fingerprint density at radius 3 is 2.78 bits per heavy atom. The standard InChI is InChI=1S/C24H22FN5O2/c25-17-6-3-15(4-7-17)22-29-19-9-2-14(1-8-18(19)24(32)30-22)12-26-23(31)16-5-10-20-21(11-16)28-13-27-20/h3-7,10-11,13-14H,1-2,8-9,12H2,(H,26,31)(H,27,28)(H,29,30,32). The van der Waals surface area contributed by atoms with Gasteiger partial charge in [-0.1, -0.05) is 0 Å². The molecule has 0 fully saturated rings. The molecule has 8 heteroatoms. The fraction of sp³-hybridized carbons (Fsp3) is 0.250. The van der Waals surface area contributed by atoms with Gasteiger partial charge in [-0.15, -0.1) is 0 Å². The molecular formula is C24H22FN5O2. The minimum Gasteiger partial charge on any atom is -0.352 e. The topological polar surface area (TPSA) is 104 Å². The second-order valence-electron chi connectivity index (χ2n) is 8.13. The lowest BCUT2D eigenvalue weighted by Gasteiger charge is -2.14. The molecule has 5 rings (SSSR count). The fourth-order valence-corrected chi connectivity index (χ4v) is 4.21. The lowest BCUT2D eigenvalue weighted by atomic mass is 9.99. The predicted molar refractivity (Wildman–Crippen MR) is 119 cm³/mol. The highest BCUT2D eigenvalue weighted by Crippen LogP contribution is 2.23. The number of halogens is 1. The van der Waals surface area contributed by atoms with Crippen LogP contribution in [0.1, 0.15) is 34.5 Å². The molecule has 4 aromatic rings. The van der Waals surface area contributed by atoms with Gasteiger partial charge in [0.1, 0.15) is 11.6 Å². The molecule has 2 aromatic carbocycles. The predicted octanol–water partition coefficient (Wildman–Crippen LogP) is 3.38. The van der Waals surface area contributed by atoms with Gasteiger partial charge in [0, 0.05) is 23.2 Å². The Morgan fingerprint density at radius 1 is 1.12 bits per heavy atom. The molecule has 0 saturated carbocycles. The summed E-state index contributed by atoms with van der Waals surface area (Å²) in [6.45, 7) is 0.538. The van der Waals surface area contributed by atoms with E-state index < -0.39 is 0 Å². The van der Waals surface area contributed by atoms with Gasteiger partial charge in [-0.25, -0.2) is 14.4 Å². The van der Waals surface area contributed by atoms with Gasteiger partial charge >= 0.3 is 0 Å². The minimum absolute atomic E-state index is 0.127. The zero-order valence-electron chi connectivity index (χ0n) is 17.3. The molecule has 3 N–H and O–H groups in total. The van der Waals surface area contributed by atoms with Crippen molar-refractivity contribution in [3.05, 3.63) is 81.8 Å². The quantitative estimate of drug-likeness (QED) is 0.431. The van der Waals surface area contributed by atoms with Crippen LogP contribution in [0.25, 0.3) is 22.4 Å². The maximum Gasteiger partial charge on any atom is 0.254 e. The molecule has 0 saturated heterocycles. The normalized spacial score (nSPS) is 15.8. The molecule has 1 unspecified atom stereocenters. The lowest BCUT2D eigenvalue weighted by molar-refractivity contribution is 0.0946. The van der Waals surface area contributed by atoms with Gasteiger partial charge < -0.3 is 15.3 Å². The smallest absolute Gasteiger partial charge is 0.254 e.